The van der Waals surface area contributed by atoms with E-state index in [9.17, 15) is 0 Å². The minimum absolute atomic E-state index is 0.688. The van der Waals surface area contributed by atoms with E-state index in [2.05, 4.69) is 62.8 Å². The van der Waals surface area contributed by atoms with Crippen LogP contribution in [0.4, 0.5) is 0 Å². The van der Waals surface area contributed by atoms with Crippen molar-refractivity contribution in [3.63, 3.8) is 0 Å². The third-order valence-corrected chi connectivity index (χ3v) is 3.84. The molecule has 0 atom stereocenters. The van der Waals surface area contributed by atoms with Crippen LogP contribution in [0.15, 0.2) is 42.2 Å². The van der Waals surface area contributed by atoms with Crippen LogP contribution in [0.3, 0.4) is 0 Å². The second-order valence-corrected chi connectivity index (χ2v) is 7.29. The number of nitrogens with one attached hydrogen (secondary N) is 1. The second kappa shape index (κ2) is 18.0. The van der Waals surface area contributed by atoms with Gasteiger partial charge in [-0.1, -0.05) is 94.9 Å². The van der Waals surface area contributed by atoms with Gasteiger partial charge in [-0.15, -0.1) is 0 Å². The van der Waals surface area contributed by atoms with E-state index in [1.165, 1.54) is 17.6 Å². The van der Waals surface area contributed by atoms with Crippen LogP contribution in [0.5, 0.6) is 0 Å². The van der Waals surface area contributed by atoms with Crippen molar-refractivity contribution in [2.45, 2.75) is 75.7 Å². The SMILES string of the molecule is CC.CC.CC(C)=Cc1cc(Cl)cnc1C.CCC.Cc1ccc2c(Cl)c[nH]c2c1. The Morgan fingerprint density at radius 3 is 2.10 bits per heavy atom. The lowest BCUT2D eigenvalue weighted by molar-refractivity contribution is 1.09. The summed E-state index contributed by atoms with van der Waals surface area (Å²) >= 11 is 11.7. The molecule has 0 spiro atoms. The molecule has 0 aliphatic carbocycles. The largest absolute Gasteiger partial charge is 0.360 e. The van der Waals surface area contributed by atoms with Crippen molar-refractivity contribution < 1.29 is 0 Å². The first-order chi connectivity index (χ1) is 14.3. The second-order valence-electron chi connectivity index (χ2n) is 6.44. The van der Waals surface area contributed by atoms with Gasteiger partial charge in [-0.3, -0.25) is 4.98 Å². The molecule has 0 aliphatic rings. The third kappa shape index (κ3) is 12.0. The van der Waals surface area contributed by atoms with Gasteiger partial charge in [0.25, 0.3) is 0 Å². The van der Waals surface area contributed by atoms with E-state index in [1.807, 2.05) is 52.9 Å². The molecule has 0 unspecified atom stereocenters. The van der Waals surface area contributed by atoms with Crippen LogP contribution in [0, 0.1) is 13.8 Å². The van der Waals surface area contributed by atoms with Gasteiger partial charge in [0.2, 0.25) is 0 Å². The van der Waals surface area contributed by atoms with Gasteiger partial charge in [0.15, 0.2) is 0 Å². The first-order valence-electron chi connectivity index (χ1n) is 10.8. The van der Waals surface area contributed by atoms with Gasteiger partial charge < -0.3 is 4.98 Å². The third-order valence-electron chi connectivity index (χ3n) is 3.32. The highest BCUT2D eigenvalue weighted by Crippen LogP contribution is 2.23. The standard InChI is InChI=1S/C10H12ClN.C9H8ClN.C3H8.2C2H6/c1-7(2)4-9-5-10(11)6-12-8(9)3;1-6-2-3-7-8(10)5-11-9(7)4-6;1-3-2;2*1-2/h4-6H,1-3H3;2-5,11H,1H3;3H2,1-2H3;2*1-2H3. The summed E-state index contributed by atoms with van der Waals surface area (Å²) in [4.78, 5) is 7.25. The number of aromatic nitrogens is 2. The van der Waals surface area contributed by atoms with Gasteiger partial charge in [-0.2, -0.15) is 0 Å². The highest BCUT2D eigenvalue weighted by Gasteiger charge is 1.99. The summed E-state index contributed by atoms with van der Waals surface area (Å²) in [5.74, 6) is 0. The maximum absolute atomic E-state index is 5.89. The van der Waals surface area contributed by atoms with E-state index < -0.39 is 0 Å². The number of benzene rings is 1. The molecule has 0 fully saturated rings. The van der Waals surface area contributed by atoms with Crippen LogP contribution < -0.4 is 0 Å². The smallest absolute Gasteiger partial charge is 0.0659 e. The van der Waals surface area contributed by atoms with E-state index >= 15 is 0 Å². The number of aromatic amines is 1. The number of hydrogen-bond acceptors (Lipinski definition) is 1. The molecule has 30 heavy (non-hydrogen) atoms. The predicted octanol–water partition coefficient (Wildman–Crippen LogP) is 10.1. The summed E-state index contributed by atoms with van der Waals surface area (Å²) in [6.07, 6.45) is 6.80. The molecule has 2 aromatic heterocycles. The van der Waals surface area contributed by atoms with E-state index in [-0.39, 0.29) is 0 Å². The lowest BCUT2D eigenvalue weighted by Crippen LogP contribution is -1.85. The predicted molar refractivity (Wildman–Crippen MR) is 140 cm³/mol. The van der Waals surface area contributed by atoms with Gasteiger partial charge in [0.1, 0.15) is 0 Å². The Hall–Kier alpha value is -1.77. The Bertz CT molecular complexity index is 861. The summed E-state index contributed by atoms with van der Waals surface area (Å²) in [5.41, 5.74) is 5.72. The molecular formula is C26H40Cl2N2. The van der Waals surface area contributed by atoms with Gasteiger partial charge in [0, 0.05) is 29.0 Å². The first kappa shape index (κ1) is 30.4. The Kier molecular flexibility index (Phi) is 18.3. The number of aryl methyl sites for hydroxylation is 2. The lowest BCUT2D eigenvalue weighted by Gasteiger charge is -2.00. The van der Waals surface area contributed by atoms with Crippen molar-refractivity contribution in [1.82, 2.24) is 9.97 Å². The van der Waals surface area contributed by atoms with Crippen molar-refractivity contribution >= 4 is 40.2 Å². The van der Waals surface area contributed by atoms with Gasteiger partial charge in [-0.05, 0) is 51.0 Å². The van der Waals surface area contributed by atoms with Gasteiger partial charge in [-0.25, -0.2) is 0 Å². The Balaban J connectivity index is 0. The quantitative estimate of drug-likeness (QED) is 0.392. The topological polar surface area (TPSA) is 28.7 Å². The molecule has 0 radical (unpaired) electrons. The fourth-order valence-corrected chi connectivity index (χ4v) is 2.57. The van der Waals surface area contributed by atoms with E-state index in [0.29, 0.717) is 5.02 Å². The maximum atomic E-state index is 5.89. The van der Waals surface area contributed by atoms with Crippen molar-refractivity contribution in [1.29, 1.82) is 0 Å². The lowest BCUT2D eigenvalue weighted by atomic mass is 10.1. The normalized spacial score (nSPS) is 8.80. The molecule has 3 aromatic rings. The molecule has 0 bridgehead atoms. The molecule has 1 aromatic carbocycles. The number of hydrogen-bond donors (Lipinski definition) is 1. The number of rotatable bonds is 1. The summed E-state index contributed by atoms with van der Waals surface area (Å²) in [6.45, 7) is 20.4. The summed E-state index contributed by atoms with van der Waals surface area (Å²) in [5, 5.41) is 2.57. The molecule has 0 amide bonds. The van der Waals surface area contributed by atoms with Crippen molar-refractivity contribution in [3.8, 4) is 0 Å². The monoisotopic (exact) mass is 450 g/mol. The molecule has 4 heteroatoms. The first-order valence-corrected chi connectivity index (χ1v) is 11.5. The van der Waals surface area contributed by atoms with Crippen LogP contribution in [0.1, 0.15) is 78.6 Å². The molecule has 0 saturated carbocycles. The number of allylic oxidation sites excluding steroid dienone is 1. The number of halogens is 2. The fraction of sp³-hybridized carbons (Fsp3) is 0.423. The number of pyridine rings is 1. The van der Waals surface area contributed by atoms with Gasteiger partial charge >= 0.3 is 0 Å². The fourth-order valence-electron chi connectivity index (χ4n) is 2.19. The number of H-pyrrole nitrogens is 1. The maximum Gasteiger partial charge on any atom is 0.0659 e. The van der Waals surface area contributed by atoms with Crippen LogP contribution in [0.2, 0.25) is 10.0 Å². The van der Waals surface area contributed by atoms with Crippen molar-refractivity contribution in [2.75, 3.05) is 0 Å². The van der Waals surface area contributed by atoms with Crippen LogP contribution >= 0.6 is 23.2 Å². The highest BCUT2D eigenvalue weighted by atomic mass is 35.5. The Labute approximate surface area is 194 Å². The summed E-state index contributed by atoms with van der Waals surface area (Å²) in [6, 6.07) is 8.10. The van der Waals surface area contributed by atoms with Gasteiger partial charge in [0.05, 0.1) is 10.0 Å². The average Bonchev–Trinajstić information content (AvgIpc) is 3.08. The molecule has 0 saturated heterocycles. The minimum Gasteiger partial charge on any atom is -0.360 e. The molecule has 2 heterocycles. The van der Waals surface area contributed by atoms with Crippen LogP contribution in [-0.2, 0) is 0 Å². The molecule has 1 N–H and O–H groups in total. The highest BCUT2D eigenvalue weighted by molar-refractivity contribution is 6.35. The van der Waals surface area contributed by atoms with E-state index in [4.69, 9.17) is 23.2 Å². The molecular weight excluding hydrogens is 411 g/mol. The van der Waals surface area contributed by atoms with E-state index in [0.717, 1.165) is 27.2 Å². The van der Waals surface area contributed by atoms with Crippen LogP contribution in [-0.4, -0.2) is 9.97 Å². The Morgan fingerprint density at radius 2 is 1.57 bits per heavy atom. The zero-order valence-electron chi connectivity index (χ0n) is 20.5. The molecule has 3 rings (SSSR count). The van der Waals surface area contributed by atoms with Crippen molar-refractivity contribution in [3.05, 3.63) is 69.1 Å². The zero-order valence-corrected chi connectivity index (χ0v) is 22.0. The van der Waals surface area contributed by atoms with Crippen molar-refractivity contribution in [2.24, 2.45) is 0 Å². The summed E-state index contributed by atoms with van der Waals surface area (Å²) in [7, 11) is 0. The number of fused-ring (bicyclic) bond motifs is 1. The number of nitrogens with zero attached hydrogens (tertiary/aromatic N) is 1. The minimum atomic E-state index is 0.688. The van der Waals surface area contributed by atoms with E-state index in [1.54, 1.807) is 6.20 Å². The molecule has 2 nitrogen and oxygen atoms in total. The summed E-state index contributed by atoms with van der Waals surface area (Å²) < 4.78 is 0. The molecule has 0 aliphatic heterocycles. The average molecular weight is 452 g/mol. The molecule has 168 valence electrons. The van der Waals surface area contributed by atoms with Crippen LogP contribution in [0.25, 0.3) is 17.0 Å². The zero-order chi connectivity index (χ0) is 23.7. The Morgan fingerprint density at radius 1 is 1.00 bits per heavy atom.